The number of rotatable bonds is 7. The number of aryl methyl sites for hydroxylation is 1. The van der Waals surface area contributed by atoms with Crippen molar-refractivity contribution in [2.75, 3.05) is 28.6 Å². The van der Waals surface area contributed by atoms with Gasteiger partial charge in [-0.05, 0) is 57.9 Å². The summed E-state index contributed by atoms with van der Waals surface area (Å²) in [6.45, 7) is 7.94. The van der Waals surface area contributed by atoms with Gasteiger partial charge in [0.25, 0.3) is 0 Å². The van der Waals surface area contributed by atoms with Crippen LogP contribution in [-0.2, 0) is 4.79 Å². The van der Waals surface area contributed by atoms with E-state index in [1.165, 1.54) is 0 Å². The summed E-state index contributed by atoms with van der Waals surface area (Å²) in [4.78, 5) is 23.2. The van der Waals surface area contributed by atoms with Gasteiger partial charge in [0.1, 0.15) is 17.5 Å². The van der Waals surface area contributed by atoms with Gasteiger partial charge in [-0.25, -0.2) is 9.97 Å². The highest BCUT2D eigenvalue weighted by molar-refractivity contribution is 5.93. The number of hydrogen-bond donors (Lipinski definition) is 2. The molecule has 0 spiro atoms. The van der Waals surface area contributed by atoms with E-state index >= 15 is 0 Å². The molecule has 1 aliphatic rings. The third-order valence-electron chi connectivity index (χ3n) is 4.81. The monoisotopic (exact) mass is 353 g/mol. The molecule has 1 aromatic heterocycles. The Morgan fingerprint density at radius 3 is 2.35 bits per heavy atom. The molecule has 1 aliphatic carbocycles. The maximum Gasteiger partial charge on any atom is 0.227 e. The van der Waals surface area contributed by atoms with Crippen molar-refractivity contribution in [3.63, 3.8) is 0 Å². The summed E-state index contributed by atoms with van der Waals surface area (Å²) >= 11 is 0. The highest BCUT2D eigenvalue weighted by Gasteiger charge is 2.25. The largest absolute Gasteiger partial charge is 0.357 e. The molecule has 2 N–H and O–H groups in total. The minimum atomic E-state index is 0.132. The second-order valence-corrected chi connectivity index (χ2v) is 6.65. The Balaban J connectivity index is 1.67. The van der Waals surface area contributed by atoms with Crippen molar-refractivity contribution in [2.24, 2.45) is 5.92 Å². The van der Waals surface area contributed by atoms with E-state index in [1.807, 2.05) is 37.3 Å². The van der Waals surface area contributed by atoms with E-state index in [2.05, 4.69) is 39.3 Å². The van der Waals surface area contributed by atoms with Crippen LogP contribution in [0.5, 0.6) is 0 Å². The van der Waals surface area contributed by atoms with Gasteiger partial charge < -0.3 is 15.5 Å². The molecule has 2 aromatic rings. The number of carbonyl (C=O) groups excluding carboxylic acids is 1. The van der Waals surface area contributed by atoms with Crippen LogP contribution in [0.25, 0.3) is 0 Å². The quantitative estimate of drug-likeness (QED) is 0.784. The van der Waals surface area contributed by atoms with Gasteiger partial charge in [-0.15, -0.1) is 0 Å². The Morgan fingerprint density at radius 1 is 1.12 bits per heavy atom. The molecule has 1 aromatic carbocycles. The third-order valence-corrected chi connectivity index (χ3v) is 4.81. The highest BCUT2D eigenvalue weighted by Crippen LogP contribution is 2.28. The number of benzene rings is 1. The van der Waals surface area contributed by atoms with E-state index < -0.39 is 0 Å². The summed E-state index contributed by atoms with van der Waals surface area (Å²) in [6, 6.07) is 9.69. The van der Waals surface area contributed by atoms with Crippen molar-refractivity contribution in [3.05, 3.63) is 36.2 Å². The molecule has 0 atom stereocenters. The lowest BCUT2D eigenvalue weighted by molar-refractivity contribution is -0.122. The Hall–Kier alpha value is -2.63. The van der Waals surface area contributed by atoms with Crippen LogP contribution in [0.4, 0.5) is 23.0 Å². The Labute approximate surface area is 155 Å². The van der Waals surface area contributed by atoms with E-state index in [0.717, 1.165) is 61.2 Å². The number of nitrogens with zero attached hydrogens (tertiary/aromatic N) is 3. The average molecular weight is 353 g/mol. The van der Waals surface area contributed by atoms with Crippen LogP contribution in [-0.4, -0.2) is 29.0 Å². The first-order valence-electron chi connectivity index (χ1n) is 9.37. The Kier molecular flexibility index (Phi) is 5.71. The number of anilines is 4. The first-order chi connectivity index (χ1) is 12.6. The zero-order chi connectivity index (χ0) is 18.5. The minimum absolute atomic E-state index is 0.132. The Bertz CT molecular complexity index is 751. The van der Waals surface area contributed by atoms with Crippen molar-refractivity contribution >= 4 is 28.9 Å². The maximum absolute atomic E-state index is 12.0. The molecular weight excluding hydrogens is 326 g/mol. The van der Waals surface area contributed by atoms with Crippen LogP contribution in [0.15, 0.2) is 30.3 Å². The first kappa shape index (κ1) is 18.2. The first-order valence-corrected chi connectivity index (χ1v) is 9.37. The fourth-order valence-corrected chi connectivity index (χ4v) is 3.03. The smallest absolute Gasteiger partial charge is 0.227 e. The van der Waals surface area contributed by atoms with Crippen LogP contribution < -0.4 is 15.5 Å². The molecule has 0 radical (unpaired) electrons. The maximum atomic E-state index is 12.0. The summed E-state index contributed by atoms with van der Waals surface area (Å²) in [5, 5.41) is 6.31. The standard InChI is InChI=1S/C20H27N5O/c1-4-25(5-2)19-13-18(21-14(3)22-19)23-16-9-11-17(12-10-16)24-20(26)15-7-6-8-15/h9-13,15H,4-8H2,1-3H3,(H,24,26)(H,21,22,23). The van der Waals surface area contributed by atoms with Crippen molar-refractivity contribution in [1.29, 1.82) is 0 Å². The molecule has 0 saturated heterocycles. The van der Waals surface area contributed by atoms with Gasteiger partial charge in [-0.2, -0.15) is 0 Å². The molecule has 6 heteroatoms. The average Bonchev–Trinajstić information content (AvgIpc) is 2.56. The normalized spacial score (nSPS) is 13.8. The fraction of sp³-hybridized carbons (Fsp3) is 0.450. The second kappa shape index (κ2) is 8.17. The van der Waals surface area contributed by atoms with E-state index in [-0.39, 0.29) is 11.8 Å². The fourth-order valence-electron chi connectivity index (χ4n) is 3.03. The zero-order valence-corrected chi connectivity index (χ0v) is 15.7. The molecule has 0 aliphatic heterocycles. The zero-order valence-electron chi connectivity index (χ0n) is 15.7. The van der Waals surface area contributed by atoms with Gasteiger partial charge in [-0.1, -0.05) is 6.42 Å². The molecule has 138 valence electrons. The van der Waals surface area contributed by atoms with Crippen molar-refractivity contribution in [3.8, 4) is 0 Å². The lowest BCUT2D eigenvalue weighted by Crippen LogP contribution is -2.27. The lowest BCUT2D eigenvalue weighted by atomic mass is 9.85. The summed E-state index contributed by atoms with van der Waals surface area (Å²) in [5.41, 5.74) is 1.75. The van der Waals surface area contributed by atoms with Gasteiger partial charge in [0, 0.05) is 36.4 Å². The highest BCUT2D eigenvalue weighted by atomic mass is 16.1. The van der Waals surface area contributed by atoms with E-state index in [1.54, 1.807) is 0 Å². The lowest BCUT2D eigenvalue weighted by Gasteiger charge is -2.24. The molecule has 1 fully saturated rings. The van der Waals surface area contributed by atoms with Crippen molar-refractivity contribution < 1.29 is 4.79 Å². The molecule has 1 amide bonds. The van der Waals surface area contributed by atoms with E-state index in [0.29, 0.717) is 0 Å². The number of carbonyl (C=O) groups is 1. The Morgan fingerprint density at radius 2 is 1.77 bits per heavy atom. The predicted octanol–water partition coefficient (Wildman–Crippen LogP) is 4.11. The number of aromatic nitrogens is 2. The van der Waals surface area contributed by atoms with Gasteiger partial charge >= 0.3 is 0 Å². The molecule has 3 rings (SSSR count). The summed E-state index contributed by atoms with van der Waals surface area (Å²) < 4.78 is 0. The van der Waals surface area contributed by atoms with Crippen LogP contribution in [0.3, 0.4) is 0 Å². The minimum Gasteiger partial charge on any atom is -0.357 e. The molecular formula is C20H27N5O. The van der Waals surface area contributed by atoms with Crippen molar-refractivity contribution in [2.45, 2.75) is 40.0 Å². The summed E-state index contributed by atoms with van der Waals surface area (Å²) in [7, 11) is 0. The van der Waals surface area contributed by atoms with Gasteiger partial charge in [0.2, 0.25) is 5.91 Å². The van der Waals surface area contributed by atoms with Gasteiger partial charge in [0.15, 0.2) is 0 Å². The third kappa shape index (κ3) is 4.31. The van der Waals surface area contributed by atoms with Crippen LogP contribution >= 0.6 is 0 Å². The van der Waals surface area contributed by atoms with Crippen LogP contribution in [0, 0.1) is 12.8 Å². The number of nitrogens with one attached hydrogen (secondary N) is 2. The van der Waals surface area contributed by atoms with Gasteiger partial charge in [-0.3, -0.25) is 4.79 Å². The summed E-state index contributed by atoms with van der Waals surface area (Å²) in [6.07, 6.45) is 3.18. The molecule has 1 saturated carbocycles. The molecule has 1 heterocycles. The van der Waals surface area contributed by atoms with E-state index in [9.17, 15) is 4.79 Å². The molecule has 6 nitrogen and oxygen atoms in total. The molecule has 0 unspecified atom stereocenters. The predicted molar refractivity (Wildman–Crippen MR) is 106 cm³/mol. The topological polar surface area (TPSA) is 70.2 Å². The number of amides is 1. The molecule has 0 bridgehead atoms. The number of hydrogen-bond acceptors (Lipinski definition) is 5. The molecule has 26 heavy (non-hydrogen) atoms. The summed E-state index contributed by atoms with van der Waals surface area (Å²) in [5.74, 6) is 2.75. The van der Waals surface area contributed by atoms with Crippen molar-refractivity contribution in [1.82, 2.24) is 9.97 Å². The SMILES string of the molecule is CCN(CC)c1cc(Nc2ccc(NC(=O)C3CCC3)cc2)nc(C)n1. The van der Waals surface area contributed by atoms with Crippen LogP contribution in [0.1, 0.15) is 38.9 Å². The van der Waals surface area contributed by atoms with E-state index in [4.69, 9.17) is 0 Å². The van der Waals surface area contributed by atoms with Gasteiger partial charge in [0.05, 0.1) is 0 Å². The second-order valence-electron chi connectivity index (χ2n) is 6.65. The van der Waals surface area contributed by atoms with Crippen LogP contribution in [0.2, 0.25) is 0 Å².